The first kappa shape index (κ1) is 11.1. The van der Waals surface area contributed by atoms with Gasteiger partial charge in [-0.2, -0.15) is 0 Å². The molecule has 3 N–H and O–H groups in total. The fourth-order valence-electron chi connectivity index (χ4n) is 1.09. The van der Waals surface area contributed by atoms with Gasteiger partial charge in [0.05, 0.1) is 17.1 Å². The number of nitrogens with one attached hydrogen (secondary N) is 1. The second kappa shape index (κ2) is 5.72. The lowest BCUT2D eigenvalue weighted by Crippen LogP contribution is -2.24. The SMILES string of the molecule is CCNC(=O)Cc1csc(CCN)n1. The van der Waals surface area contributed by atoms with Gasteiger partial charge in [0.15, 0.2) is 0 Å². The number of amides is 1. The van der Waals surface area contributed by atoms with E-state index >= 15 is 0 Å². The van der Waals surface area contributed by atoms with E-state index in [0.29, 0.717) is 19.5 Å². The molecule has 0 bridgehead atoms. The maximum atomic E-state index is 11.2. The van der Waals surface area contributed by atoms with E-state index in [1.54, 1.807) is 11.3 Å². The Kier molecular flexibility index (Phi) is 4.55. The van der Waals surface area contributed by atoms with Crippen molar-refractivity contribution in [3.8, 4) is 0 Å². The number of hydrogen-bond donors (Lipinski definition) is 2. The van der Waals surface area contributed by atoms with Crippen molar-refractivity contribution in [3.63, 3.8) is 0 Å². The molecule has 4 nitrogen and oxygen atoms in total. The zero-order valence-corrected chi connectivity index (χ0v) is 9.06. The second-order valence-corrected chi connectivity index (χ2v) is 3.84. The van der Waals surface area contributed by atoms with Gasteiger partial charge in [0, 0.05) is 18.3 Å². The average Bonchev–Trinajstić information content (AvgIpc) is 2.53. The van der Waals surface area contributed by atoms with E-state index < -0.39 is 0 Å². The topological polar surface area (TPSA) is 68.0 Å². The van der Waals surface area contributed by atoms with E-state index in [1.165, 1.54) is 0 Å². The van der Waals surface area contributed by atoms with Crippen molar-refractivity contribution in [3.05, 3.63) is 16.1 Å². The Morgan fingerprint density at radius 1 is 1.71 bits per heavy atom. The number of nitrogens with zero attached hydrogens (tertiary/aromatic N) is 1. The third-order valence-corrected chi connectivity index (χ3v) is 2.63. The van der Waals surface area contributed by atoms with Gasteiger partial charge < -0.3 is 11.1 Å². The highest BCUT2D eigenvalue weighted by Gasteiger charge is 2.05. The third-order valence-electron chi connectivity index (χ3n) is 1.67. The van der Waals surface area contributed by atoms with E-state index in [0.717, 1.165) is 17.1 Å². The Labute approximate surface area is 87.5 Å². The summed E-state index contributed by atoms with van der Waals surface area (Å²) < 4.78 is 0. The van der Waals surface area contributed by atoms with Crippen molar-refractivity contribution >= 4 is 17.2 Å². The Bertz CT molecular complexity index is 298. The van der Waals surface area contributed by atoms with Crippen LogP contribution in [0.5, 0.6) is 0 Å². The molecule has 1 amide bonds. The van der Waals surface area contributed by atoms with Crippen molar-refractivity contribution in [2.45, 2.75) is 19.8 Å². The van der Waals surface area contributed by atoms with E-state index in [2.05, 4.69) is 10.3 Å². The summed E-state index contributed by atoms with van der Waals surface area (Å²) in [5.74, 6) is 0.0251. The number of thiazole rings is 1. The lowest BCUT2D eigenvalue weighted by atomic mass is 10.3. The van der Waals surface area contributed by atoms with Gasteiger partial charge in [0.2, 0.25) is 5.91 Å². The molecule has 0 spiro atoms. The monoisotopic (exact) mass is 213 g/mol. The maximum absolute atomic E-state index is 11.2. The summed E-state index contributed by atoms with van der Waals surface area (Å²) in [5.41, 5.74) is 6.24. The Hall–Kier alpha value is -0.940. The number of hydrogen-bond acceptors (Lipinski definition) is 4. The molecule has 0 fully saturated rings. The molecular formula is C9H15N3OS. The first-order chi connectivity index (χ1) is 6.76. The smallest absolute Gasteiger partial charge is 0.226 e. The fraction of sp³-hybridized carbons (Fsp3) is 0.556. The molecule has 5 heteroatoms. The van der Waals surface area contributed by atoms with Gasteiger partial charge in [-0.25, -0.2) is 4.98 Å². The zero-order valence-electron chi connectivity index (χ0n) is 8.25. The van der Waals surface area contributed by atoms with Crippen molar-refractivity contribution in [2.75, 3.05) is 13.1 Å². The van der Waals surface area contributed by atoms with Crippen molar-refractivity contribution in [1.82, 2.24) is 10.3 Å². The van der Waals surface area contributed by atoms with Gasteiger partial charge >= 0.3 is 0 Å². The molecule has 0 saturated carbocycles. The molecule has 1 rings (SSSR count). The number of rotatable bonds is 5. The van der Waals surface area contributed by atoms with Crippen LogP contribution < -0.4 is 11.1 Å². The Morgan fingerprint density at radius 2 is 2.50 bits per heavy atom. The van der Waals surface area contributed by atoms with Crippen LogP contribution in [0.15, 0.2) is 5.38 Å². The standard InChI is InChI=1S/C9H15N3OS/c1-2-11-8(13)5-7-6-14-9(12-7)3-4-10/h6H,2-5,10H2,1H3,(H,11,13). The lowest BCUT2D eigenvalue weighted by Gasteiger charge is -1.98. The molecule has 0 unspecified atom stereocenters. The van der Waals surface area contributed by atoms with E-state index in [4.69, 9.17) is 5.73 Å². The predicted molar refractivity (Wildman–Crippen MR) is 57.3 cm³/mol. The maximum Gasteiger partial charge on any atom is 0.226 e. The summed E-state index contributed by atoms with van der Waals surface area (Å²) in [7, 11) is 0. The molecule has 1 aromatic heterocycles. The summed E-state index contributed by atoms with van der Waals surface area (Å²) in [6.45, 7) is 3.17. The normalized spacial score (nSPS) is 10.1. The average molecular weight is 213 g/mol. The molecule has 1 aromatic rings. The van der Waals surface area contributed by atoms with Gasteiger partial charge in [0.25, 0.3) is 0 Å². The van der Waals surface area contributed by atoms with Crippen molar-refractivity contribution < 1.29 is 4.79 Å². The Morgan fingerprint density at radius 3 is 3.14 bits per heavy atom. The van der Waals surface area contributed by atoms with Gasteiger partial charge in [-0.15, -0.1) is 11.3 Å². The van der Waals surface area contributed by atoms with Gasteiger partial charge in [-0.1, -0.05) is 0 Å². The molecule has 0 aliphatic rings. The summed E-state index contributed by atoms with van der Waals surface area (Å²) in [6, 6.07) is 0. The fourth-order valence-corrected chi connectivity index (χ4v) is 1.91. The molecule has 14 heavy (non-hydrogen) atoms. The summed E-state index contributed by atoms with van der Waals surface area (Å²) in [4.78, 5) is 15.5. The van der Waals surface area contributed by atoms with Crippen LogP contribution in [-0.4, -0.2) is 24.0 Å². The molecular weight excluding hydrogens is 198 g/mol. The summed E-state index contributed by atoms with van der Waals surface area (Å²) >= 11 is 1.56. The number of aromatic nitrogens is 1. The van der Waals surface area contributed by atoms with Crippen molar-refractivity contribution in [1.29, 1.82) is 0 Å². The zero-order chi connectivity index (χ0) is 10.4. The summed E-state index contributed by atoms with van der Waals surface area (Å²) in [6.07, 6.45) is 1.16. The van der Waals surface area contributed by atoms with Crippen LogP contribution in [0.1, 0.15) is 17.6 Å². The molecule has 1 heterocycles. The highest BCUT2D eigenvalue weighted by molar-refractivity contribution is 7.09. The van der Waals surface area contributed by atoms with E-state index in [-0.39, 0.29) is 5.91 Å². The number of carbonyl (C=O) groups excluding carboxylic acids is 1. The second-order valence-electron chi connectivity index (χ2n) is 2.90. The first-order valence-electron chi connectivity index (χ1n) is 4.66. The highest BCUT2D eigenvalue weighted by atomic mass is 32.1. The van der Waals surface area contributed by atoms with Crippen LogP contribution in [0, 0.1) is 0 Å². The first-order valence-corrected chi connectivity index (χ1v) is 5.54. The van der Waals surface area contributed by atoms with Gasteiger partial charge in [-0.05, 0) is 13.5 Å². The van der Waals surface area contributed by atoms with E-state index in [9.17, 15) is 4.79 Å². The largest absolute Gasteiger partial charge is 0.356 e. The van der Waals surface area contributed by atoms with Crippen LogP contribution in [0.3, 0.4) is 0 Å². The van der Waals surface area contributed by atoms with Gasteiger partial charge in [0.1, 0.15) is 0 Å². The molecule has 0 radical (unpaired) electrons. The Balaban J connectivity index is 2.46. The molecule has 0 atom stereocenters. The molecule has 0 aliphatic carbocycles. The van der Waals surface area contributed by atoms with Crippen LogP contribution in [0.2, 0.25) is 0 Å². The van der Waals surface area contributed by atoms with Crippen LogP contribution in [0.4, 0.5) is 0 Å². The third kappa shape index (κ3) is 3.43. The lowest BCUT2D eigenvalue weighted by molar-refractivity contribution is -0.120. The number of likely N-dealkylation sites (N-methyl/N-ethyl adjacent to an activating group) is 1. The molecule has 0 aromatic carbocycles. The van der Waals surface area contributed by atoms with Gasteiger partial charge in [-0.3, -0.25) is 4.79 Å². The minimum atomic E-state index is 0.0251. The number of nitrogens with two attached hydrogens (primary N) is 1. The van der Waals surface area contributed by atoms with Crippen molar-refractivity contribution in [2.24, 2.45) is 5.73 Å². The highest BCUT2D eigenvalue weighted by Crippen LogP contribution is 2.10. The van der Waals surface area contributed by atoms with Crippen LogP contribution in [-0.2, 0) is 17.6 Å². The minimum absolute atomic E-state index is 0.0251. The molecule has 0 aliphatic heterocycles. The summed E-state index contributed by atoms with van der Waals surface area (Å²) in [5, 5.41) is 5.66. The van der Waals surface area contributed by atoms with E-state index in [1.807, 2.05) is 12.3 Å². The predicted octanol–water partition coefficient (Wildman–Crippen LogP) is 0.323. The number of carbonyl (C=O) groups is 1. The van der Waals surface area contributed by atoms with Crippen LogP contribution >= 0.6 is 11.3 Å². The van der Waals surface area contributed by atoms with Crippen LogP contribution in [0.25, 0.3) is 0 Å². The molecule has 0 saturated heterocycles. The quantitative estimate of drug-likeness (QED) is 0.740. The molecule has 78 valence electrons. The minimum Gasteiger partial charge on any atom is -0.356 e.